The third-order valence-corrected chi connectivity index (χ3v) is 6.27. The van der Waals surface area contributed by atoms with E-state index in [9.17, 15) is 4.79 Å². The van der Waals surface area contributed by atoms with Gasteiger partial charge in [0.15, 0.2) is 0 Å². The topological polar surface area (TPSA) is 122 Å². The number of amides is 1. The number of hydrogen-bond acceptors (Lipinski definition) is 9. The second kappa shape index (κ2) is 16.7. The molecular weight excluding hydrogens is 470 g/mol. The summed E-state index contributed by atoms with van der Waals surface area (Å²) in [5, 5.41) is 12.9. The second-order valence-electron chi connectivity index (χ2n) is 9.46. The Hall–Kier alpha value is -2.98. The van der Waals surface area contributed by atoms with Gasteiger partial charge in [-0.2, -0.15) is 15.0 Å². The third-order valence-electron chi connectivity index (χ3n) is 6.27. The minimum atomic E-state index is -0.0970. The van der Waals surface area contributed by atoms with Gasteiger partial charge in [-0.25, -0.2) is 0 Å². The third kappa shape index (κ3) is 11.3. The predicted octanol–water partition coefficient (Wildman–Crippen LogP) is 3.95. The fourth-order valence-corrected chi connectivity index (χ4v) is 4.05. The lowest BCUT2D eigenvalue weighted by molar-refractivity contribution is 0.0519. The number of aromatic nitrogens is 3. The van der Waals surface area contributed by atoms with Gasteiger partial charge in [0.1, 0.15) is 0 Å². The van der Waals surface area contributed by atoms with Crippen LogP contribution in [0.5, 0.6) is 0 Å². The van der Waals surface area contributed by atoms with Gasteiger partial charge in [-0.3, -0.25) is 4.79 Å². The second-order valence-corrected chi connectivity index (χ2v) is 9.46. The van der Waals surface area contributed by atoms with E-state index >= 15 is 0 Å². The average molecular weight is 514 g/mol. The minimum Gasteiger partial charge on any atom is -0.377 e. The summed E-state index contributed by atoms with van der Waals surface area (Å²) in [4.78, 5) is 25.6. The van der Waals surface area contributed by atoms with Crippen LogP contribution >= 0.6 is 0 Å². The van der Waals surface area contributed by atoms with E-state index in [4.69, 9.17) is 9.47 Å². The molecule has 3 rings (SSSR count). The number of carbonyl (C=O) groups is 1. The van der Waals surface area contributed by atoms with E-state index in [1.807, 2.05) is 18.2 Å². The van der Waals surface area contributed by atoms with Crippen molar-refractivity contribution in [2.24, 2.45) is 5.92 Å². The van der Waals surface area contributed by atoms with Crippen molar-refractivity contribution in [2.75, 3.05) is 62.0 Å². The van der Waals surface area contributed by atoms with Crippen LogP contribution < -0.4 is 21.3 Å². The molecule has 1 aromatic carbocycles. The smallest absolute Gasteiger partial charge is 0.251 e. The molecule has 10 nitrogen and oxygen atoms in total. The van der Waals surface area contributed by atoms with Gasteiger partial charge in [-0.15, -0.1) is 0 Å². The predicted molar refractivity (Wildman–Crippen MR) is 147 cm³/mol. The number of anilines is 3. The Labute approximate surface area is 220 Å². The number of carbonyl (C=O) groups excluding carboxylic acids is 1. The maximum Gasteiger partial charge on any atom is 0.251 e. The van der Waals surface area contributed by atoms with Gasteiger partial charge in [0.25, 0.3) is 5.91 Å². The van der Waals surface area contributed by atoms with Crippen molar-refractivity contribution < 1.29 is 14.3 Å². The van der Waals surface area contributed by atoms with Crippen molar-refractivity contribution in [3.63, 3.8) is 0 Å². The molecule has 1 aliphatic carbocycles. The molecule has 0 aliphatic heterocycles. The number of ether oxygens (including phenoxy) is 2. The zero-order valence-electron chi connectivity index (χ0n) is 22.3. The molecule has 1 saturated carbocycles. The highest BCUT2D eigenvalue weighted by Gasteiger charge is 2.19. The lowest BCUT2D eigenvalue weighted by atomic mass is 9.87. The van der Waals surface area contributed by atoms with Crippen molar-refractivity contribution in [2.45, 2.75) is 58.4 Å². The Morgan fingerprint density at radius 1 is 0.838 bits per heavy atom. The normalized spacial score (nSPS) is 17.2. The molecule has 0 saturated heterocycles. The fraction of sp³-hybridized carbons (Fsp3) is 0.630. The molecule has 0 radical (unpaired) electrons. The first-order chi connectivity index (χ1) is 18.1. The number of nitrogens with zero attached hydrogens (tertiary/aromatic N) is 3. The summed E-state index contributed by atoms with van der Waals surface area (Å²) in [6, 6.07) is 9.55. The molecule has 1 aliphatic rings. The van der Waals surface area contributed by atoms with Crippen LogP contribution in [0, 0.1) is 5.92 Å². The van der Waals surface area contributed by atoms with Crippen LogP contribution in [0.4, 0.5) is 17.8 Å². The molecule has 1 fully saturated rings. The van der Waals surface area contributed by atoms with Gasteiger partial charge in [-0.05, 0) is 50.2 Å². The van der Waals surface area contributed by atoms with E-state index in [-0.39, 0.29) is 5.91 Å². The summed E-state index contributed by atoms with van der Waals surface area (Å²) in [6.07, 6.45) is 6.93. The standard InChI is InChI=1S/C27H43N7O3/c1-3-4-14-29-25-32-26(34-27(33-25)31-23-12-10-21(2)11-13-23)30-16-18-37-20-19-36-17-15-28-24(35)22-8-6-5-7-9-22/h5-9,21,23H,3-4,10-20H2,1-2H3,(H,28,35)(H3,29,30,31,32,33,34). The summed E-state index contributed by atoms with van der Waals surface area (Å²) >= 11 is 0. The van der Waals surface area contributed by atoms with Gasteiger partial charge < -0.3 is 30.7 Å². The van der Waals surface area contributed by atoms with Crippen LogP contribution in [0.3, 0.4) is 0 Å². The quantitative estimate of drug-likeness (QED) is 0.233. The number of benzene rings is 1. The molecule has 37 heavy (non-hydrogen) atoms. The molecule has 1 aromatic heterocycles. The van der Waals surface area contributed by atoms with E-state index < -0.39 is 0 Å². The Balaban J connectivity index is 1.31. The van der Waals surface area contributed by atoms with Crippen molar-refractivity contribution in [1.82, 2.24) is 20.3 Å². The van der Waals surface area contributed by atoms with E-state index in [0.717, 1.165) is 38.1 Å². The lowest BCUT2D eigenvalue weighted by Gasteiger charge is -2.27. The van der Waals surface area contributed by atoms with E-state index in [2.05, 4.69) is 50.1 Å². The van der Waals surface area contributed by atoms with Gasteiger partial charge in [0, 0.05) is 31.2 Å². The molecule has 1 heterocycles. The Morgan fingerprint density at radius 2 is 1.46 bits per heavy atom. The van der Waals surface area contributed by atoms with Crippen LogP contribution in [0.15, 0.2) is 30.3 Å². The Kier molecular flexibility index (Phi) is 12.9. The summed E-state index contributed by atoms with van der Waals surface area (Å²) in [6.45, 7) is 8.22. The number of unbranched alkanes of at least 4 members (excludes halogenated alkanes) is 1. The summed E-state index contributed by atoms with van der Waals surface area (Å²) < 4.78 is 11.2. The molecule has 1 amide bonds. The number of hydrogen-bond donors (Lipinski definition) is 4. The molecular formula is C27H43N7O3. The monoisotopic (exact) mass is 513 g/mol. The zero-order chi connectivity index (χ0) is 26.1. The first-order valence-electron chi connectivity index (χ1n) is 13.6. The van der Waals surface area contributed by atoms with Gasteiger partial charge >= 0.3 is 0 Å². The van der Waals surface area contributed by atoms with Crippen LogP contribution in [0.25, 0.3) is 0 Å². The highest BCUT2D eigenvalue weighted by atomic mass is 16.5. The van der Waals surface area contributed by atoms with Crippen molar-refractivity contribution in [1.29, 1.82) is 0 Å². The molecule has 0 atom stereocenters. The summed E-state index contributed by atoms with van der Waals surface area (Å²) in [5.41, 5.74) is 0.645. The lowest BCUT2D eigenvalue weighted by Crippen LogP contribution is -2.27. The Bertz CT molecular complexity index is 908. The van der Waals surface area contributed by atoms with Crippen molar-refractivity contribution in [3.05, 3.63) is 35.9 Å². The number of nitrogens with one attached hydrogen (secondary N) is 4. The zero-order valence-corrected chi connectivity index (χ0v) is 22.3. The molecule has 10 heteroatoms. The number of rotatable bonds is 17. The summed E-state index contributed by atoms with van der Waals surface area (Å²) in [5.74, 6) is 2.44. The van der Waals surface area contributed by atoms with Crippen LogP contribution in [0.1, 0.15) is 62.7 Å². The first kappa shape index (κ1) is 28.6. The van der Waals surface area contributed by atoms with E-state index in [0.29, 0.717) is 69.0 Å². The molecule has 2 aromatic rings. The fourth-order valence-electron chi connectivity index (χ4n) is 4.05. The maximum atomic E-state index is 12.0. The average Bonchev–Trinajstić information content (AvgIpc) is 2.91. The SMILES string of the molecule is CCCCNc1nc(NCCOCCOCCNC(=O)c2ccccc2)nc(NC2CCC(C)CC2)n1. The Morgan fingerprint density at radius 3 is 2.14 bits per heavy atom. The van der Waals surface area contributed by atoms with Gasteiger partial charge in [-0.1, -0.05) is 38.5 Å². The molecule has 4 N–H and O–H groups in total. The van der Waals surface area contributed by atoms with Crippen LogP contribution in [-0.2, 0) is 9.47 Å². The first-order valence-corrected chi connectivity index (χ1v) is 13.6. The highest BCUT2D eigenvalue weighted by molar-refractivity contribution is 5.94. The minimum absolute atomic E-state index is 0.0970. The largest absolute Gasteiger partial charge is 0.377 e. The maximum absolute atomic E-state index is 12.0. The van der Waals surface area contributed by atoms with Crippen molar-refractivity contribution >= 4 is 23.8 Å². The van der Waals surface area contributed by atoms with Crippen molar-refractivity contribution in [3.8, 4) is 0 Å². The van der Waals surface area contributed by atoms with E-state index in [1.54, 1.807) is 12.1 Å². The van der Waals surface area contributed by atoms with E-state index in [1.165, 1.54) is 12.8 Å². The van der Waals surface area contributed by atoms with Gasteiger partial charge in [0.2, 0.25) is 17.8 Å². The highest BCUT2D eigenvalue weighted by Crippen LogP contribution is 2.25. The van der Waals surface area contributed by atoms with Gasteiger partial charge in [0.05, 0.1) is 26.4 Å². The van der Waals surface area contributed by atoms with Crippen LogP contribution in [0.2, 0.25) is 0 Å². The molecule has 0 unspecified atom stereocenters. The molecule has 0 spiro atoms. The molecule has 0 bridgehead atoms. The van der Waals surface area contributed by atoms with Crippen LogP contribution in [-0.4, -0.2) is 73.0 Å². The summed E-state index contributed by atoms with van der Waals surface area (Å²) in [7, 11) is 0. The molecule has 204 valence electrons.